The number of methoxy groups -OCH3 is 2. The molecule has 1 aliphatic carbocycles. The van der Waals surface area contributed by atoms with Crippen LogP contribution in [0.25, 0.3) is 0 Å². The summed E-state index contributed by atoms with van der Waals surface area (Å²) in [6.45, 7) is 0.475. The highest BCUT2D eigenvalue weighted by Crippen LogP contribution is 2.33. The quantitative estimate of drug-likeness (QED) is 0.667. The number of hydrogen-bond donors (Lipinski definition) is 2. The molecule has 1 amide bonds. The Labute approximate surface area is 94.5 Å². The predicted octanol–water partition coefficient (Wildman–Crippen LogP) is 0.0130. The van der Waals surface area contributed by atoms with Crippen molar-refractivity contribution < 1.29 is 19.1 Å². The zero-order valence-corrected chi connectivity index (χ0v) is 9.62. The van der Waals surface area contributed by atoms with E-state index in [9.17, 15) is 9.59 Å². The maximum Gasteiger partial charge on any atom is 0.406 e. The lowest BCUT2D eigenvalue weighted by atomic mass is 9.97. The van der Waals surface area contributed by atoms with Gasteiger partial charge in [0, 0.05) is 6.54 Å². The number of nitrogens with two attached hydrogens (primary N) is 1. The van der Waals surface area contributed by atoms with Crippen LogP contribution in [0, 0.1) is 5.92 Å². The first-order valence-corrected chi connectivity index (χ1v) is 5.21. The molecule has 2 atom stereocenters. The number of rotatable bonds is 3. The number of carbonyl (C=O) groups is 2. The van der Waals surface area contributed by atoms with Gasteiger partial charge in [-0.05, 0) is 25.2 Å². The van der Waals surface area contributed by atoms with Gasteiger partial charge in [-0.15, -0.1) is 0 Å². The van der Waals surface area contributed by atoms with Crippen molar-refractivity contribution in [3.63, 3.8) is 0 Å². The molecular formula is C10H18N2O4. The molecule has 0 aromatic heterocycles. The van der Waals surface area contributed by atoms with E-state index in [4.69, 9.17) is 5.73 Å². The van der Waals surface area contributed by atoms with E-state index in [1.165, 1.54) is 14.2 Å². The van der Waals surface area contributed by atoms with Gasteiger partial charge in [0.15, 0.2) is 0 Å². The van der Waals surface area contributed by atoms with Crippen LogP contribution < -0.4 is 11.1 Å². The number of ether oxygens (including phenoxy) is 2. The summed E-state index contributed by atoms with van der Waals surface area (Å²) < 4.78 is 9.11. The van der Waals surface area contributed by atoms with Gasteiger partial charge in [-0.3, -0.25) is 4.79 Å². The molecule has 0 saturated heterocycles. The molecule has 0 aromatic rings. The fourth-order valence-corrected chi connectivity index (χ4v) is 2.04. The van der Waals surface area contributed by atoms with Crippen LogP contribution in [0.1, 0.15) is 19.3 Å². The van der Waals surface area contributed by atoms with E-state index in [1.807, 2.05) is 0 Å². The van der Waals surface area contributed by atoms with Crippen molar-refractivity contribution >= 4 is 12.1 Å². The Hall–Kier alpha value is -1.30. The van der Waals surface area contributed by atoms with Crippen molar-refractivity contribution in [2.45, 2.75) is 24.8 Å². The Balaban J connectivity index is 2.40. The van der Waals surface area contributed by atoms with E-state index < -0.39 is 11.6 Å². The van der Waals surface area contributed by atoms with Crippen molar-refractivity contribution in [2.75, 3.05) is 20.8 Å². The molecule has 0 spiro atoms. The number of esters is 1. The highest BCUT2D eigenvalue weighted by Gasteiger charge is 2.42. The van der Waals surface area contributed by atoms with Gasteiger partial charge in [0.1, 0.15) is 5.54 Å². The first-order chi connectivity index (χ1) is 7.51. The van der Waals surface area contributed by atoms with Crippen molar-refractivity contribution in [2.24, 2.45) is 11.7 Å². The van der Waals surface area contributed by atoms with E-state index in [0.717, 1.165) is 6.42 Å². The molecule has 0 heterocycles. The van der Waals surface area contributed by atoms with E-state index >= 15 is 0 Å². The SMILES string of the molecule is COC(=O)NCC1CCC(N)(C(=O)OC)C1. The van der Waals surface area contributed by atoms with Crippen molar-refractivity contribution in [1.82, 2.24) is 5.32 Å². The largest absolute Gasteiger partial charge is 0.468 e. The topological polar surface area (TPSA) is 90.6 Å². The molecule has 6 nitrogen and oxygen atoms in total. The maximum atomic E-state index is 11.4. The van der Waals surface area contributed by atoms with Gasteiger partial charge < -0.3 is 20.5 Å². The lowest BCUT2D eigenvalue weighted by molar-refractivity contribution is -0.146. The van der Waals surface area contributed by atoms with Crippen LogP contribution in [0.15, 0.2) is 0 Å². The minimum absolute atomic E-state index is 0.197. The zero-order valence-electron chi connectivity index (χ0n) is 9.62. The number of carbonyl (C=O) groups excluding carboxylic acids is 2. The second-order valence-corrected chi connectivity index (χ2v) is 4.13. The fraction of sp³-hybridized carbons (Fsp3) is 0.800. The van der Waals surface area contributed by atoms with Gasteiger partial charge in [-0.1, -0.05) is 0 Å². The van der Waals surface area contributed by atoms with Gasteiger partial charge in [0.25, 0.3) is 0 Å². The Morgan fingerprint density at radius 2 is 2.12 bits per heavy atom. The highest BCUT2D eigenvalue weighted by molar-refractivity contribution is 5.80. The van der Waals surface area contributed by atoms with E-state index in [2.05, 4.69) is 14.8 Å². The van der Waals surface area contributed by atoms with Gasteiger partial charge in [0.05, 0.1) is 14.2 Å². The summed E-state index contributed by atoms with van der Waals surface area (Å²) in [6.07, 6.45) is 1.46. The van der Waals surface area contributed by atoms with Gasteiger partial charge in [0.2, 0.25) is 0 Å². The average Bonchev–Trinajstić information content (AvgIpc) is 2.68. The predicted molar refractivity (Wildman–Crippen MR) is 56.7 cm³/mol. The van der Waals surface area contributed by atoms with Crippen LogP contribution in [0.3, 0.4) is 0 Å². The molecule has 1 rings (SSSR count). The molecular weight excluding hydrogens is 212 g/mol. The molecule has 0 aliphatic heterocycles. The third-order valence-electron chi connectivity index (χ3n) is 2.96. The van der Waals surface area contributed by atoms with Crippen LogP contribution >= 0.6 is 0 Å². The van der Waals surface area contributed by atoms with Crippen LogP contribution in [0.2, 0.25) is 0 Å². The van der Waals surface area contributed by atoms with Crippen molar-refractivity contribution in [1.29, 1.82) is 0 Å². The Morgan fingerprint density at radius 3 is 2.69 bits per heavy atom. The van der Waals surface area contributed by atoms with Crippen molar-refractivity contribution in [3.8, 4) is 0 Å². The summed E-state index contributed by atoms with van der Waals surface area (Å²) in [5, 5.41) is 2.60. The zero-order chi connectivity index (χ0) is 12.2. The number of hydrogen-bond acceptors (Lipinski definition) is 5. The minimum atomic E-state index is -0.892. The van der Waals surface area contributed by atoms with Gasteiger partial charge in [-0.2, -0.15) is 0 Å². The fourth-order valence-electron chi connectivity index (χ4n) is 2.04. The summed E-state index contributed by atoms with van der Waals surface area (Å²) in [6, 6.07) is 0. The molecule has 2 unspecified atom stereocenters. The molecule has 0 aromatic carbocycles. The number of amides is 1. The lowest BCUT2D eigenvalue weighted by Crippen LogP contribution is -2.46. The van der Waals surface area contributed by atoms with Crippen LogP contribution in [-0.2, 0) is 14.3 Å². The maximum absolute atomic E-state index is 11.4. The third-order valence-corrected chi connectivity index (χ3v) is 2.96. The summed E-state index contributed by atoms with van der Waals surface area (Å²) >= 11 is 0. The van der Waals surface area contributed by atoms with Gasteiger partial charge >= 0.3 is 12.1 Å². The van der Waals surface area contributed by atoms with Crippen LogP contribution in [0.4, 0.5) is 4.79 Å². The average molecular weight is 230 g/mol. The Morgan fingerprint density at radius 1 is 1.44 bits per heavy atom. The summed E-state index contributed by atoms with van der Waals surface area (Å²) in [5.41, 5.74) is 5.03. The molecule has 1 fully saturated rings. The van der Waals surface area contributed by atoms with E-state index in [-0.39, 0.29) is 11.9 Å². The molecule has 1 aliphatic rings. The molecule has 92 valence electrons. The van der Waals surface area contributed by atoms with Crippen LogP contribution in [-0.4, -0.2) is 38.4 Å². The highest BCUT2D eigenvalue weighted by atomic mass is 16.5. The normalized spacial score (nSPS) is 28.6. The molecule has 6 heteroatoms. The number of nitrogens with one attached hydrogen (secondary N) is 1. The summed E-state index contributed by atoms with van der Waals surface area (Å²) in [5.74, 6) is -0.184. The Kier molecular flexibility index (Phi) is 4.12. The second kappa shape index (κ2) is 5.16. The van der Waals surface area contributed by atoms with Gasteiger partial charge in [-0.25, -0.2) is 4.79 Å². The minimum Gasteiger partial charge on any atom is -0.468 e. The third kappa shape index (κ3) is 2.85. The summed E-state index contributed by atoms with van der Waals surface area (Å²) in [4.78, 5) is 22.3. The monoisotopic (exact) mass is 230 g/mol. The molecule has 1 saturated carbocycles. The van der Waals surface area contributed by atoms with E-state index in [1.54, 1.807) is 0 Å². The molecule has 0 bridgehead atoms. The Bertz CT molecular complexity index is 282. The molecule has 0 radical (unpaired) electrons. The molecule has 3 N–H and O–H groups in total. The first-order valence-electron chi connectivity index (χ1n) is 5.21. The lowest BCUT2D eigenvalue weighted by Gasteiger charge is -2.20. The first kappa shape index (κ1) is 12.8. The molecule has 16 heavy (non-hydrogen) atoms. The second-order valence-electron chi connectivity index (χ2n) is 4.13. The smallest absolute Gasteiger partial charge is 0.406 e. The van der Waals surface area contributed by atoms with E-state index in [0.29, 0.717) is 19.4 Å². The van der Waals surface area contributed by atoms with Crippen molar-refractivity contribution in [3.05, 3.63) is 0 Å². The van der Waals surface area contributed by atoms with Crippen LogP contribution in [0.5, 0.6) is 0 Å². The summed E-state index contributed by atoms with van der Waals surface area (Å²) in [7, 11) is 2.64. The number of alkyl carbamates (subject to hydrolysis) is 1. The standard InChI is InChI=1S/C10H18N2O4/c1-15-8(13)10(11)4-3-7(5-10)6-12-9(14)16-2/h7H,3-6,11H2,1-2H3,(H,12,14).